The third-order valence-electron chi connectivity index (χ3n) is 3.60. The average molecular weight is 197 g/mol. The van der Waals surface area contributed by atoms with Crippen LogP contribution < -0.4 is 0 Å². The Hall–Kier alpha value is -0.370. The zero-order valence-electron chi connectivity index (χ0n) is 10.1. The Bertz CT molecular complexity index is 218. The Balaban J connectivity index is 2.45. The van der Waals surface area contributed by atoms with Crippen LogP contribution in [0.25, 0.3) is 0 Å². The zero-order valence-corrected chi connectivity index (χ0v) is 10.1. The summed E-state index contributed by atoms with van der Waals surface area (Å²) in [6.07, 6.45) is 2.73. The van der Waals surface area contributed by atoms with Gasteiger partial charge in [0, 0.05) is 18.0 Å². The topological polar surface area (TPSA) is 20.3 Å². The lowest BCUT2D eigenvalue weighted by Gasteiger charge is -2.32. The number of ketones is 1. The molecule has 1 rings (SSSR count). The number of carbonyl (C=O) groups excluding carboxylic acids is 1. The Labute approximate surface area is 87.7 Å². The standard InChI is InChI=1S/C12H23NO/c1-9(11-6-7-11)13(5)8-12(3,4)10(2)14/h9,11H,6-8H2,1-5H3. The minimum Gasteiger partial charge on any atom is -0.302 e. The molecule has 0 spiro atoms. The van der Waals surface area contributed by atoms with E-state index in [0.717, 1.165) is 12.5 Å². The number of hydrogen-bond acceptors (Lipinski definition) is 2. The van der Waals surface area contributed by atoms with Crippen LogP contribution >= 0.6 is 0 Å². The van der Waals surface area contributed by atoms with E-state index in [1.54, 1.807) is 6.92 Å². The first-order valence-corrected chi connectivity index (χ1v) is 5.56. The highest BCUT2D eigenvalue weighted by Crippen LogP contribution is 2.35. The molecule has 1 aliphatic rings. The SMILES string of the molecule is CC(=O)C(C)(C)CN(C)C(C)C1CC1. The minimum absolute atomic E-state index is 0.197. The van der Waals surface area contributed by atoms with Crippen molar-refractivity contribution in [1.82, 2.24) is 4.90 Å². The molecule has 0 aromatic carbocycles. The number of hydrogen-bond donors (Lipinski definition) is 0. The lowest BCUT2D eigenvalue weighted by atomic mass is 9.88. The van der Waals surface area contributed by atoms with E-state index in [2.05, 4.69) is 18.9 Å². The molecule has 1 saturated carbocycles. The van der Waals surface area contributed by atoms with Crippen LogP contribution in [-0.4, -0.2) is 30.3 Å². The van der Waals surface area contributed by atoms with Crippen LogP contribution in [0.2, 0.25) is 0 Å². The van der Waals surface area contributed by atoms with Gasteiger partial charge >= 0.3 is 0 Å². The fourth-order valence-electron chi connectivity index (χ4n) is 1.82. The van der Waals surface area contributed by atoms with Gasteiger partial charge in [-0.05, 0) is 39.7 Å². The maximum Gasteiger partial charge on any atom is 0.136 e. The molecule has 0 heterocycles. The minimum atomic E-state index is -0.197. The van der Waals surface area contributed by atoms with Crippen molar-refractivity contribution in [3.63, 3.8) is 0 Å². The molecule has 0 bridgehead atoms. The second kappa shape index (κ2) is 4.01. The predicted octanol–water partition coefficient (Wildman–Crippen LogP) is 2.33. The Morgan fingerprint density at radius 1 is 1.50 bits per heavy atom. The molecule has 1 fully saturated rings. The summed E-state index contributed by atoms with van der Waals surface area (Å²) in [6, 6.07) is 0.633. The van der Waals surface area contributed by atoms with Crippen LogP contribution in [0.15, 0.2) is 0 Å². The molecule has 0 aliphatic heterocycles. The smallest absolute Gasteiger partial charge is 0.136 e. The maximum absolute atomic E-state index is 11.4. The van der Waals surface area contributed by atoms with Gasteiger partial charge in [-0.25, -0.2) is 0 Å². The van der Waals surface area contributed by atoms with E-state index in [4.69, 9.17) is 0 Å². The first-order valence-electron chi connectivity index (χ1n) is 5.56. The summed E-state index contributed by atoms with van der Waals surface area (Å²) in [5.41, 5.74) is -0.197. The normalized spacial score (nSPS) is 19.9. The monoisotopic (exact) mass is 197 g/mol. The van der Waals surface area contributed by atoms with E-state index >= 15 is 0 Å². The third kappa shape index (κ3) is 2.81. The van der Waals surface area contributed by atoms with Crippen molar-refractivity contribution < 1.29 is 4.79 Å². The van der Waals surface area contributed by atoms with Gasteiger partial charge in [0.15, 0.2) is 0 Å². The Morgan fingerprint density at radius 3 is 2.36 bits per heavy atom. The summed E-state index contributed by atoms with van der Waals surface area (Å²) in [7, 11) is 2.13. The molecule has 0 aromatic heterocycles. The number of rotatable bonds is 5. The van der Waals surface area contributed by atoms with Gasteiger partial charge in [0.1, 0.15) is 5.78 Å². The molecule has 82 valence electrons. The highest BCUT2D eigenvalue weighted by molar-refractivity contribution is 5.81. The highest BCUT2D eigenvalue weighted by Gasteiger charge is 2.33. The summed E-state index contributed by atoms with van der Waals surface area (Å²) in [4.78, 5) is 13.7. The molecule has 2 heteroatoms. The van der Waals surface area contributed by atoms with Crippen molar-refractivity contribution in [3.8, 4) is 0 Å². The predicted molar refractivity (Wildman–Crippen MR) is 59.3 cm³/mol. The van der Waals surface area contributed by atoms with Crippen molar-refractivity contribution in [1.29, 1.82) is 0 Å². The van der Waals surface area contributed by atoms with Gasteiger partial charge in [0.05, 0.1) is 0 Å². The summed E-state index contributed by atoms with van der Waals surface area (Å²) in [6.45, 7) is 8.90. The molecule has 1 unspecified atom stereocenters. The molecular weight excluding hydrogens is 174 g/mol. The average Bonchev–Trinajstić information content (AvgIpc) is 2.84. The van der Waals surface area contributed by atoms with Gasteiger partial charge in [-0.2, -0.15) is 0 Å². The zero-order chi connectivity index (χ0) is 10.9. The molecule has 14 heavy (non-hydrogen) atoms. The molecule has 2 nitrogen and oxygen atoms in total. The van der Waals surface area contributed by atoms with E-state index in [-0.39, 0.29) is 11.2 Å². The quantitative estimate of drug-likeness (QED) is 0.674. The number of Topliss-reactive ketones (excluding diaryl/α,β-unsaturated/α-hetero) is 1. The van der Waals surface area contributed by atoms with Gasteiger partial charge in [0.25, 0.3) is 0 Å². The number of carbonyl (C=O) groups is 1. The van der Waals surface area contributed by atoms with Crippen LogP contribution in [0.1, 0.15) is 40.5 Å². The van der Waals surface area contributed by atoms with E-state index < -0.39 is 0 Å². The van der Waals surface area contributed by atoms with Crippen LogP contribution in [0.5, 0.6) is 0 Å². The van der Waals surface area contributed by atoms with Crippen LogP contribution in [0, 0.1) is 11.3 Å². The fraction of sp³-hybridized carbons (Fsp3) is 0.917. The molecule has 0 N–H and O–H groups in total. The van der Waals surface area contributed by atoms with Crippen LogP contribution in [0.3, 0.4) is 0 Å². The molecule has 1 atom stereocenters. The van der Waals surface area contributed by atoms with Crippen molar-refractivity contribution >= 4 is 5.78 Å². The summed E-state index contributed by atoms with van der Waals surface area (Å²) < 4.78 is 0. The Kier molecular flexibility index (Phi) is 3.36. The van der Waals surface area contributed by atoms with Crippen molar-refractivity contribution in [2.24, 2.45) is 11.3 Å². The van der Waals surface area contributed by atoms with Gasteiger partial charge in [-0.1, -0.05) is 13.8 Å². The Morgan fingerprint density at radius 2 is 2.00 bits per heavy atom. The van der Waals surface area contributed by atoms with E-state index in [0.29, 0.717) is 6.04 Å². The lowest BCUT2D eigenvalue weighted by molar-refractivity contribution is -0.125. The summed E-state index contributed by atoms with van der Waals surface area (Å²) >= 11 is 0. The first-order chi connectivity index (χ1) is 6.34. The third-order valence-corrected chi connectivity index (χ3v) is 3.60. The largest absolute Gasteiger partial charge is 0.302 e. The molecule has 0 amide bonds. The second-order valence-corrected chi connectivity index (χ2v) is 5.43. The van der Waals surface area contributed by atoms with E-state index in [1.165, 1.54) is 12.8 Å². The lowest BCUT2D eigenvalue weighted by Crippen LogP contribution is -2.41. The van der Waals surface area contributed by atoms with E-state index in [9.17, 15) is 4.79 Å². The molecular formula is C12H23NO. The molecule has 0 saturated heterocycles. The van der Waals surface area contributed by atoms with Crippen LogP contribution in [-0.2, 0) is 4.79 Å². The summed E-state index contributed by atoms with van der Waals surface area (Å²) in [5.74, 6) is 1.16. The van der Waals surface area contributed by atoms with Crippen LogP contribution in [0.4, 0.5) is 0 Å². The highest BCUT2D eigenvalue weighted by atomic mass is 16.1. The van der Waals surface area contributed by atoms with Gasteiger partial charge in [-0.15, -0.1) is 0 Å². The fourth-order valence-corrected chi connectivity index (χ4v) is 1.82. The molecule has 1 aliphatic carbocycles. The first kappa shape index (κ1) is 11.7. The van der Waals surface area contributed by atoms with E-state index in [1.807, 2.05) is 13.8 Å². The van der Waals surface area contributed by atoms with Crippen molar-refractivity contribution in [3.05, 3.63) is 0 Å². The van der Waals surface area contributed by atoms with Gasteiger partial charge in [0.2, 0.25) is 0 Å². The van der Waals surface area contributed by atoms with Gasteiger partial charge < -0.3 is 4.90 Å². The second-order valence-electron chi connectivity index (χ2n) is 5.43. The summed E-state index contributed by atoms with van der Waals surface area (Å²) in [5, 5.41) is 0. The van der Waals surface area contributed by atoms with Crippen molar-refractivity contribution in [2.45, 2.75) is 46.6 Å². The van der Waals surface area contributed by atoms with Gasteiger partial charge in [-0.3, -0.25) is 4.79 Å². The number of nitrogens with zero attached hydrogens (tertiary/aromatic N) is 1. The maximum atomic E-state index is 11.4. The molecule has 0 radical (unpaired) electrons. The molecule has 0 aromatic rings. The van der Waals surface area contributed by atoms with Crippen molar-refractivity contribution in [2.75, 3.05) is 13.6 Å².